The Labute approximate surface area is 225 Å². The molecule has 39 heavy (non-hydrogen) atoms. The van der Waals surface area contributed by atoms with Crippen LogP contribution in [-0.4, -0.2) is 54.1 Å². The van der Waals surface area contributed by atoms with E-state index in [1.165, 1.54) is 25.7 Å². The van der Waals surface area contributed by atoms with E-state index in [2.05, 4.69) is 40.3 Å². The average Bonchev–Trinajstić information content (AvgIpc) is 3.62. The summed E-state index contributed by atoms with van der Waals surface area (Å²) in [7, 11) is 0. The van der Waals surface area contributed by atoms with Crippen molar-refractivity contribution in [2.75, 3.05) is 23.3 Å². The fraction of sp³-hybridized carbons (Fsp3) is 0.379. The van der Waals surface area contributed by atoms with Crippen LogP contribution >= 0.6 is 0 Å². The highest BCUT2D eigenvalue weighted by molar-refractivity contribution is 5.96. The second-order valence-corrected chi connectivity index (χ2v) is 10.6. The number of piperidine rings is 1. The summed E-state index contributed by atoms with van der Waals surface area (Å²) in [5.74, 6) is 1.77. The number of amides is 1. The molecule has 10 nitrogen and oxygen atoms in total. The Bertz CT molecular complexity index is 1640. The molecule has 5 aromatic heterocycles. The molecule has 0 aromatic carbocycles. The Morgan fingerprint density at radius 2 is 1.77 bits per heavy atom. The van der Waals surface area contributed by atoms with E-state index >= 15 is 0 Å². The number of imidazole rings is 1. The van der Waals surface area contributed by atoms with Gasteiger partial charge in [-0.3, -0.25) is 14.9 Å². The number of carbonyl (C=O) groups is 1. The molecule has 2 aliphatic rings. The number of nitrogens with one attached hydrogen (secondary N) is 3. The average molecular weight is 522 g/mol. The van der Waals surface area contributed by atoms with Gasteiger partial charge in [-0.25, -0.2) is 15.0 Å². The zero-order valence-electron chi connectivity index (χ0n) is 21.8. The molecule has 0 radical (unpaired) electrons. The highest BCUT2D eigenvalue weighted by atomic mass is 16.1. The number of hydrogen-bond acceptors (Lipinski definition) is 7. The van der Waals surface area contributed by atoms with Gasteiger partial charge in [-0.15, -0.1) is 0 Å². The van der Waals surface area contributed by atoms with E-state index in [-0.39, 0.29) is 11.8 Å². The van der Waals surface area contributed by atoms with E-state index in [0.29, 0.717) is 22.9 Å². The number of aromatic nitrogens is 7. The topological polar surface area (TPSA) is 128 Å². The van der Waals surface area contributed by atoms with Crippen LogP contribution in [0.4, 0.5) is 11.5 Å². The second kappa shape index (κ2) is 10.1. The molecule has 5 aromatic rings. The van der Waals surface area contributed by atoms with Gasteiger partial charge in [-0.2, -0.15) is 5.10 Å². The highest BCUT2D eigenvalue weighted by Crippen LogP contribution is 2.32. The smallest absolute Gasteiger partial charge is 0.227 e. The molecular weight excluding hydrogens is 490 g/mol. The third-order valence-electron chi connectivity index (χ3n) is 7.99. The quantitative estimate of drug-likeness (QED) is 0.280. The first kappa shape index (κ1) is 23.8. The van der Waals surface area contributed by atoms with Crippen LogP contribution in [0.2, 0.25) is 0 Å². The van der Waals surface area contributed by atoms with Gasteiger partial charge >= 0.3 is 0 Å². The molecule has 0 unspecified atom stereocenters. The number of rotatable bonds is 5. The maximum Gasteiger partial charge on any atom is 0.227 e. The molecule has 1 aliphatic carbocycles. The number of hydrogen-bond donors (Lipinski definition) is 3. The normalized spacial score (nSPS) is 16.7. The Morgan fingerprint density at radius 3 is 2.64 bits per heavy atom. The summed E-state index contributed by atoms with van der Waals surface area (Å²) in [5, 5.41) is 11.5. The van der Waals surface area contributed by atoms with Crippen molar-refractivity contribution in [3.8, 4) is 22.6 Å². The molecule has 3 N–H and O–H groups in total. The van der Waals surface area contributed by atoms with Crippen LogP contribution in [0.25, 0.3) is 44.7 Å². The van der Waals surface area contributed by atoms with Gasteiger partial charge in [0.15, 0.2) is 17.3 Å². The molecule has 2 fully saturated rings. The first-order chi connectivity index (χ1) is 19.2. The van der Waals surface area contributed by atoms with E-state index < -0.39 is 0 Å². The molecule has 10 heteroatoms. The minimum absolute atomic E-state index is 0.0858. The summed E-state index contributed by atoms with van der Waals surface area (Å²) in [6, 6.07) is 5.95. The minimum Gasteiger partial charge on any atom is -0.355 e. The van der Waals surface area contributed by atoms with E-state index in [1.54, 1.807) is 18.6 Å². The van der Waals surface area contributed by atoms with Gasteiger partial charge in [0, 0.05) is 48.7 Å². The van der Waals surface area contributed by atoms with Crippen LogP contribution in [0.3, 0.4) is 0 Å². The lowest BCUT2D eigenvalue weighted by Crippen LogP contribution is -2.30. The molecule has 1 saturated heterocycles. The summed E-state index contributed by atoms with van der Waals surface area (Å²) < 4.78 is 0. The lowest BCUT2D eigenvalue weighted by atomic mass is 9.88. The fourth-order valence-corrected chi connectivity index (χ4v) is 5.89. The largest absolute Gasteiger partial charge is 0.355 e. The van der Waals surface area contributed by atoms with Crippen LogP contribution in [0, 0.1) is 5.92 Å². The van der Waals surface area contributed by atoms with E-state index in [4.69, 9.17) is 4.98 Å². The Hall–Kier alpha value is -4.34. The van der Waals surface area contributed by atoms with Crippen molar-refractivity contribution in [1.29, 1.82) is 0 Å². The molecule has 1 amide bonds. The van der Waals surface area contributed by atoms with E-state index in [1.807, 2.05) is 24.4 Å². The maximum absolute atomic E-state index is 12.8. The molecule has 1 saturated carbocycles. The van der Waals surface area contributed by atoms with Crippen LogP contribution < -0.4 is 10.2 Å². The number of nitrogens with zero attached hydrogens (tertiary/aromatic N) is 6. The lowest BCUT2D eigenvalue weighted by molar-refractivity contribution is -0.120. The summed E-state index contributed by atoms with van der Waals surface area (Å²) in [4.78, 5) is 37.2. The zero-order valence-corrected chi connectivity index (χ0v) is 21.8. The standard InChI is InChI=1S/C29H31N9O/c39-29(18-7-3-1-4-8-18)33-21-13-19(15-30-17-21)20-14-22-24(36-37-26(22)32-16-20)27-34-23-9-10-31-28(25(23)35-27)38-11-5-2-6-12-38/h9-10,13-18H,1-8,11-12H2,(H,33,39)(H,34,35)(H,32,36,37). The number of carbonyl (C=O) groups excluding carboxylic acids is 1. The predicted molar refractivity (Wildman–Crippen MR) is 151 cm³/mol. The third-order valence-corrected chi connectivity index (χ3v) is 7.99. The van der Waals surface area contributed by atoms with E-state index in [9.17, 15) is 4.79 Å². The molecule has 198 valence electrons. The van der Waals surface area contributed by atoms with Crippen LogP contribution in [-0.2, 0) is 4.79 Å². The van der Waals surface area contributed by atoms with Crippen molar-refractivity contribution >= 4 is 39.5 Å². The number of H-pyrrole nitrogens is 2. The number of pyridine rings is 3. The fourth-order valence-electron chi connectivity index (χ4n) is 5.89. The van der Waals surface area contributed by atoms with Gasteiger partial charge < -0.3 is 15.2 Å². The van der Waals surface area contributed by atoms with Crippen molar-refractivity contribution < 1.29 is 4.79 Å². The molecule has 6 heterocycles. The first-order valence-corrected chi connectivity index (χ1v) is 13.9. The van der Waals surface area contributed by atoms with Crippen molar-refractivity contribution in [3.05, 3.63) is 43.0 Å². The van der Waals surface area contributed by atoms with Gasteiger partial charge in [0.1, 0.15) is 11.2 Å². The molecule has 7 rings (SSSR count). The Kier molecular flexibility index (Phi) is 6.14. The van der Waals surface area contributed by atoms with E-state index in [0.717, 1.165) is 72.1 Å². The second-order valence-electron chi connectivity index (χ2n) is 10.6. The monoisotopic (exact) mass is 521 g/mol. The van der Waals surface area contributed by atoms with Gasteiger partial charge in [0.25, 0.3) is 0 Å². The molecule has 1 aliphatic heterocycles. The zero-order chi connectivity index (χ0) is 26.2. The molecular formula is C29H31N9O. The molecule has 0 spiro atoms. The molecule has 0 bridgehead atoms. The summed E-state index contributed by atoms with van der Waals surface area (Å²) in [6.07, 6.45) is 16.1. The van der Waals surface area contributed by atoms with Gasteiger partial charge in [-0.1, -0.05) is 19.3 Å². The van der Waals surface area contributed by atoms with Crippen molar-refractivity contribution in [3.63, 3.8) is 0 Å². The third kappa shape index (κ3) is 4.60. The maximum atomic E-state index is 12.8. The SMILES string of the molecule is O=C(Nc1cncc(-c2cnc3[nH]nc(-c4nc5c(N6CCCCC6)nccc5[nH]4)c3c2)c1)C1CCCCC1. The summed E-state index contributed by atoms with van der Waals surface area (Å²) in [6.45, 7) is 2.00. The van der Waals surface area contributed by atoms with Crippen LogP contribution in [0.15, 0.2) is 43.0 Å². The number of anilines is 2. The number of fused-ring (bicyclic) bond motifs is 2. The predicted octanol–water partition coefficient (Wildman–Crippen LogP) is 5.47. The number of aromatic amines is 2. The van der Waals surface area contributed by atoms with Crippen molar-refractivity contribution in [2.24, 2.45) is 5.92 Å². The summed E-state index contributed by atoms with van der Waals surface area (Å²) >= 11 is 0. The van der Waals surface area contributed by atoms with Crippen LogP contribution in [0.5, 0.6) is 0 Å². The summed E-state index contributed by atoms with van der Waals surface area (Å²) in [5.41, 5.74) is 5.64. The highest BCUT2D eigenvalue weighted by Gasteiger charge is 2.22. The Morgan fingerprint density at radius 1 is 0.949 bits per heavy atom. The van der Waals surface area contributed by atoms with Gasteiger partial charge in [-0.05, 0) is 50.3 Å². The van der Waals surface area contributed by atoms with Crippen LogP contribution in [0.1, 0.15) is 51.4 Å². The lowest BCUT2D eigenvalue weighted by Gasteiger charge is -2.27. The first-order valence-electron chi connectivity index (χ1n) is 13.9. The van der Waals surface area contributed by atoms with Crippen molar-refractivity contribution in [2.45, 2.75) is 51.4 Å². The minimum atomic E-state index is 0.0858. The van der Waals surface area contributed by atoms with Crippen molar-refractivity contribution in [1.82, 2.24) is 35.1 Å². The Balaban J connectivity index is 1.20. The van der Waals surface area contributed by atoms with Gasteiger partial charge in [0.2, 0.25) is 5.91 Å². The van der Waals surface area contributed by atoms with Gasteiger partial charge in [0.05, 0.1) is 22.8 Å². The molecule has 0 atom stereocenters.